The van der Waals surface area contributed by atoms with E-state index in [4.69, 9.17) is 5.73 Å². The van der Waals surface area contributed by atoms with Crippen molar-refractivity contribution in [1.82, 2.24) is 4.57 Å². The number of hydrogen-bond acceptors (Lipinski definition) is 1. The lowest BCUT2D eigenvalue weighted by Gasteiger charge is -2.21. The fraction of sp³-hybridized carbons (Fsp3) is 0.375. The molecular weight excluding hydrogens is 239 g/mol. The number of nitrogens with zero attached hydrogens (tertiary/aromatic N) is 1. The van der Waals surface area contributed by atoms with E-state index in [0.717, 1.165) is 24.8 Å². The maximum absolute atomic E-state index is 13.8. The summed E-state index contributed by atoms with van der Waals surface area (Å²) in [4.78, 5) is 0. The van der Waals surface area contributed by atoms with Crippen molar-refractivity contribution in [2.24, 2.45) is 5.73 Å². The van der Waals surface area contributed by atoms with Crippen LogP contribution in [0.4, 0.5) is 4.39 Å². The summed E-state index contributed by atoms with van der Waals surface area (Å²) < 4.78 is 16.0. The molecule has 1 aromatic carbocycles. The van der Waals surface area contributed by atoms with E-state index in [-0.39, 0.29) is 11.9 Å². The van der Waals surface area contributed by atoms with Crippen molar-refractivity contribution < 1.29 is 4.39 Å². The van der Waals surface area contributed by atoms with Gasteiger partial charge in [-0.25, -0.2) is 4.39 Å². The van der Waals surface area contributed by atoms with Gasteiger partial charge in [0.15, 0.2) is 0 Å². The highest BCUT2D eigenvalue weighted by atomic mass is 19.1. The number of benzene rings is 1. The molecule has 0 radical (unpaired) electrons. The minimum Gasteiger partial charge on any atom is -0.344 e. The zero-order valence-electron chi connectivity index (χ0n) is 11.2. The van der Waals surface area contributed by atoms with Crippen LogP contribution in [-0.2, 0) is 13.0 Å². The van der Waals surface area contributed by atoms with Crippen molar-refractivity contribution in [3.63, 3.8) is 0 Å². The topological polar surface area (TPSA) is 30.9 Å². The van der Waals surface area contributed by atoms with E-state index in [1.54, 1.807) is 6.07 Å². The third kappa shape index (κ3) is 2.19. The molecule has 1 atom stereocenters. The highest BCUT2D eigenvalue weighted by molar-refractivity contribution is 5.34. The first-order valence-electron chi connectivity index (χ1n) is 6.84. The summed E-state index contributed by atoms with van der Waals surface area (Å²) >= 11 is 0. The molecule has 0 aliphatic heterocycles. The number of fused-ring (bicyclic) bond motifs is 1. The average molecular weight is 258 g/mol. The third-order valence-electron chi connectivity index (χ3n) is 4.06. The van der Waals surface area contributed by atoms with Crippen molar-refractivity contribution >= 4 is 0 Å². The van der Waals surface area contributed by atoms with Gasteiger partial charge in [0.1, 0.15) is 5.82 Å². The summed E-state index contributed by atoms with van der Waals surface area (Å²) in [6.45, 7) is 2.67. The lowest BCUT2D eigenvalue weighted by Crippen LogP contribution is -2.18. The number of halogens is 1. The SMILES string of the molecule is Cc1cc2c(n1Cc1ccccc1F)CCCC2N. The first kappa shape index (κ1) is 12.4. The van der Waals surface area contributed by atoms with Crippen molar-refractivity contribution in [3.05, 3.63) is 58.7 Å². The van der Waals surface area contributed by atoms with Crippen molar-refractivity contribution in [2.45, 2.75) is 38.8 Å². The molecule has 2 N–H and O–H groups in total. The van der Waals surface area contributed by atoms with E-state index >= 15 is 0 Å². The number of aryl methyl sites for hydroxylation is 1. The van der Waals surface area contributed by atoms with Gasteiger partial charge in [0, 0.05) is 23.0 Å². The molecule has 0 bridgehead atoms. The van der Waals surface area contributed by atoms with Gasteiger partial charge in [0.25, 0.3) is 0 Å². The lowest BCUT2D eigenvalue weighted by molar-refractivity contribution is 0.540. The average Bonchev–Trinajstić information content (AvgIpc) is 2.71. The van der Waals surface area contributed by atoms with Gasteiger partial charge in [0.2, 0.25) is 0 Å². The molecule has 0 saturated heterocycles. The lowest BCUT2D eigenvalue weighted by atomic mass is 9.93. The number of rotatable bonds is 2. The normalized spacial score (nSPS) is 18.4. The van der Waals surface area contributed by atoms with Crippen LogP contribution in [0, 0.1) is 12.7 Å². The van der Waals surface area contributed by atoms with Crippen LogP contribution < -0.4 is 5.73 Å². The van der Waals surface area contributed by atoms with Crippen LogP contribution in [0.25, 0.3) is 0 Å². The summed E-state index contributed by atoms with van der Waals surface area (Å²) in [6.07, 6.45) is 3.22. The maximum Gasteiger partial charge on any atom is 0.128 e. The van der Waals surface area contributed by atoms with E-state index in [0.29, 0.717) is 6.54 Å². The number of hydrogen-bond donors (Lipinski definition) is 1. The van der Waals surface area contributed by atoms with Crippen LogP contribution in [0.15, 0.2) is 30.3 Å². The van der Waals surface area contributed by atoms with Gasteiger partial charge in [-0.05, 0) is 43.9 Å². The zero-order chi connectivity index (χ0) is 13.4. The fourth-order valence-corrected chi connectivity index (χ4v) is 3.02. The number of aromatic nitrogens is 1. The second-order valence-electron chi connectivity index (χ2n) is 5.36. The third-order valence-corrected chi connectivity index (χ3v) is 4.06. The van der Waals surface area contributed by atoms with E-state index in [1.807, 2.05) is 12.1 Å². The smallest absolute Gasteiger partial charge is 0.128 e. The molecule has 0 spiro atoms. The Morgan fingerprint density at radius 1 is 1.37 bits per heavy atom. The first-order valence-corrected chi connectivity index (χ1v) is 6.84. The molecular formula is C16H19FN2. The summed E-state index contributed by atoms with van der Waals surface area (Å²) in [5.74, 6) is -0.135. The molecule has 1 unspecified atom stereocenters. The van der Waals surface area contributed by atoms with E-state index in [2.05, 4.69) is 17.6 Å². The molecule has 1 aromatic heterocycles. The fourth-order valence-electron chi connectivity index (χ4n) is 3.02. The van der Waals surface area contributed by atoms with Gasteiger partial charge in [-0.15, -0.1) is 0 Å². The molecule has 0 saturated carbocycles. The van der Waals surface area contributed by atoms with E-state index < -0.39 is 0 Å². The predicted molar refractivity (Wildman–Crippen MR) is 74.5 cm³/mol. The molecule has 2 nitrogen and oxygen atoms in total. The van der Waals surface area contributed by atoms with Gasteiger partial charge in [-0.2, -0.15) is 0 Å². The van der Waals surface area contributed by atoms with Crippen LogP contribution >= 0.6 is 0 Å². The molecule has 0 fully saturated rings. The first-order chi connectivity index (χ1) is 9.16. The Morgan fingerprint density at radius 2 is 2.16 bits per heavy atom. The molecule has 19 heavy (non-hydrogen) atoms. The zero-order valence-corrected chi connectivity index (χ0v) is 11.2. The van der Waals surface area contributed by atoms with Gasteiger partial charge in [-0.1, -0.05) is 18.2 Å². The van der Waals surface area contributed by atoms with Crippen LogP contribution in [0.3, 0.4) is 0 Å². The molecule has 3 rings (SSSR count). The Labute approximate surface area is 113 Å². The molecule has 3 heteroatoms. The van der Waals surface area contributed by atoms with Gasteiger partial charge in [-0.3, -0.25) is 0 Å². The highest BCUT2D eigenvalue weighted by Gasteiger charge is 2.22. The van der Waals surface area contributed by atoms with Crippen LogP contribution in [0.1, 0.15) is 41.4 Å². The molecule has 100 valence electrons. The minimum absolute atomic E-state index is 0.135. The highest BCUT2D eigenvalue weighted by Crippen LogP contribution is 2.31. The van der Waals surface area contributed by atoms with Crippen molar-refractivity contribution in [3.8, 4) is 0 Å². The Balaban J connectivity index is 2.00. The molecule has 0 amide bonds. The quantitative estimate of drug-likeness (QED) is 0.880. The maximum atomic E-state index is 13.8. The standard InChI is InChI=1S/C16H19FN2/c1-11-9-13-15(18)7-4-8-16(13)19(11)10-12-5-2-3-6-14(12)17/h2-3,5-6,9,15H,4,7-8,10,18H2,1H3. The Bertz CT molecular complexity index is 601. The van der Waals surface area contributed by atoms with Gasteiger partial charge in [0.05, 0.1) is 6.54 Å². The van der Waals surface area contributed by atoms with E-state index in [1.165, 1.54) is 23.0 Å². The predicted octanol–water partition coefficient (Wildman–Crippen LogP) is 3.32. The molecule has 1 aliphatic rings. The van der Waals surface area contributed by atoms with Gasteiger partial charge >= 0.3 is 0 Å². The second-order valence-corrected chi connectivity index (χ2v) is 5.36. The van der Waals surface area contributed by atoms with E-state index in [9.17, 15) is 4.39 Å². The largest absolute Gasteiger partial charge is 0.344 e. The molecule has 1 heterocycles. The van der Waals surface area contributed by atoms with Crippen LogP contribution in [-0.4, -0.2) is 4.57 Å². The Kier molecular flexibility index (Phi) is 3.15. The monoisotopic (exact) mass is 258 g/mol. The minimum atomic E-state index is -0.135. The summed E-state index contributed by atoms with van der Waals surface area (Å²) in [6, 6.07) is 9.29. The van der Waals surface area contributed by atoms with Crippen LogP contribution in [0.5, 0.6) is 0 Å². The summed E-state index contributed by atoms with van der Waals surface area (Å²) in [5.41, 5.74) is 10.6. The summed E-state index contributed by atoms with van der Waals surface area (Å²) in [7, 11) is 0. The summed E-state index contributed by atoms with van der Waals surface area (Å²) in [5, 5.41) is 0. The van der Waals surface area contributed by atoms with Crippen molar-refractivity contribution in [2.75, 3.05) is 0 Å². The van der Waals surface area contributed by atoms with Crippen LogP contribution in [0.2, 0.25) is 0 Å². The number of nitrogens with two attached hydrogens (primary N) is 1. The molecule has 1 aliphatic carbocycles. The molecule has 2 aromatic rings. The Morgan fingerprint density at radius 3 is 2.95 bits per heavy atom. The van der Waals surface area contributed by atoms with Gasteiger partial charge < -0.3 is 10.3 Å². The van der Waals surface area contributed by atoms with Crippen molar-refractivity contribution in [1.29, 1.82) is 0 Å². The Hall–Kier alpha value is -1.61. The second kappa shape index (κ2) is 4.82.